The summed E-state index contributed by atoms with van der Waals surface area (Å²) < 4.78 is 5.53. The standard InChI is InChI=1S/C16H16N2O/c1-12(15-7-4-5-9-17-15)18-10-13-11-19-16-8-3-2-6-14(13)16/h2-9,11-12,18H,10H2,1H3/t12-/m0/s1. The van der Waals surface area contributed by atoms with E-state index in [1.807, 2.05) is 48.9 Å². The van der Waals surface area contributed by atoms with Gasteiger partial charge < -0.3 is 9.73 Å². The van der Waals surface area contributed by atoms with E-state index in [1.54, 1.807) is 0 Å². The van der Waals surface area contributed by atoms with E-state index in [0.717, 1.165) is 17.8 Å². The molecule has 2 aromatic heterocycles. The van der Waals surface area contributed by atoms with E-state index in [0.29, 0.717) is 0 Å². The molecule has 0 aliphatic carbocycles. The van der Waals surface area contributed by atoms with Crippen molar-refractivity contribution in [2.45, 2.75) is 19.5 Å². The molecule has 0 amide bonds. The molecule has 3 aromatic rings. The Balaban J connectivity index is 1.73. The van der Waals surface area contributed by atoms with Crippen molar-refractivity contribution in [3.05, 3.63) is 66.2 Å². The topological polar surface area (TPSA) is 38.1 Å². The van der Waals surface area contributed by atoms with E-state index >= 15 is 0 Å². The zero-order chi connectivity index (χ0) is 13.1. The van der Waals surface area contributed by atoms with Crippen molar-refractivity contribution in [2.75, 3.05) is 0 Å². The van der Waals surface area contributed by atoms with Gasteiger partial charge in [-0.05, 0) is 25.1 Å². The van der Waals surface area contributed by atoms with Crippen molar-refractivity contribution < 1.29 is 4.42 Å². The van der Waals surface area contributed by atoms with E-state index in [9.17, 15) is 0 Å². The first-order chi connectivity index (χ1) is 9.34. The summed E-state index contributed by atoms with van der Waals surface area (Å²) >= 11 is 0. The number of nitrogens with zero attached hydrogens (tertiary/aromatic N) is 1. The first-order valence-electron chi connectivity index (χ1n) is 6.44. The quantitative estimate of drug-likeness (QED) is 0.769. The number of hydrogen-bond donors (Lipinski definition) is 1. The normalized spacial score (nSPS) is 12.7. The van der Waals surface area contributed by atoms with Crippen LogP contribution in [0.3, 0.4) is 0 Å². The summed E-state index contributed by atoms with van der Waals surface area (Å²) in [6.45, 7) is 2.89. The molecule has 3 rings (SSSR count). The maximum absolute atomic E-state index is 5.53. The van der Waals surface area contributed by atoms with Crippen LogP contribution in [0, 0.1) is 0 Å². The fourth-order valence-electron chi connectivity index (χ4n) is 2.17. The highest BCUT2D eigenvalue weighted by Gasteiger charge is 2.08. The number of aromatic nitrogens is 1. The summed E-state index contributed by atoms with van der Waals surface area (Å²) in [6, 6.07) is 14.3. The highest BCUT2D eigenvalue weighted by molar-refractivity contribution is 5.80. The molecule has 0 aliphatic heterocycles. The molecule has 1 N–H and O–H groups in total. The van der Waals surface area contributed by atoms with Crippen LogP contribution < -0.4 is 5.32 Å². The van der Waals surface area contributed by atoms with E-state index < -0.39 is 0 Å². The molecule has 0 saturated carbocycles. The molecule has 0 aliphatic rings. The second-order valence-corrected chi connectivity index (χ2v) is 4.61. The Hall–Kier alpha value is -2.13. The second kappa shape index (κ2) is 5.24. The van der Waals surface area contributed by atoms with Crippen LogP contribution in [0.25, 0.3) is 11.0 Å². The number of hydrogen-bond acceptors (Lipinski definition) is 3. The molecule has 1 aromatic carbocycles. The molecule has 3 heteroatoms. The van der Waals surface area contributed by atoms with Crippen LogP contribution in [0.1, 0.15) is 24.2 Å². The van der Waals surface area contributed by atoms with Gasteiger partial charge in [0.1, 0.15) is 5.58 Å². The van der Waals surface area contributed by atoms with Crippen LogP contribution in [0.2, 0.25) is 0 Å². The molecule has 0 radical (unpaired) electrons. The minimum absolute atomic E-state index is 0.217. The van der Waals surface area contributed by atoms with Crippen LogP contribution in [-0.4, -0.2) is 4.98 Å². The van der Waals surface area contributed by atoms with E-state index in [1.165, 1.54) is 10.9 Å². The lowest BCUT2D eigenvalue weighted by atomic mass is 10.1. The molecule has 3 nitrogen and oxygen atoms in total. The van der Waals surface area contributed by atoms with Crippen LogP contribution in [0.15, 0.2) is 59.3 Å². The van der Waals surface area contributed by atoms with Gasteiger partial charge in [-0.25, -0.2) is 0 Å². The maximum atomic E-state index is 5.53. The molecule has 96 valence electrons. The molecule has 19 heavy (non-hydrogen) atoms. The number of nitrogens with one attached hydrogen (secondary N) is 1. The van der Waals surface area contributed by atoms with Crippen LogP contribution in [0.4, 0.5) is 0 Å². The van der Waals surface area contributed by atoms with E-state index in [4.69, 9.17) is 4.42 Å². The van der Waals surface area contributed by atoms with Gasteiger partial charge in [-0.1, -0.05) is 24.3 Å². The zero-order valence-corrected chi connectivity index (χ0v) is 10.8. The van der Waals surface area contributed by atoms with E-state index in [-0.39, 0.29) is 6.04 Å². The number of rotatable bonds is 4. The highest BCUT2D eigenvalue weighted by atomic mass is 16.3. The lowest BCUT2D eigenvalue weighted by Gasteiger charge is -2.12. The van der Waals surface area contributed by atoms with Gasteiger partial charge in [-0.2, -0.15) is 0 Å². The van der Waals surface area contributed by atoms with Gasteiger partial charge in [-0.15, -0.1) is 0 Å². The summed E-state index contributed by atoms with van der Waals surface area (Å²) in [6.07, 6.45) is 3.64. The molecule has 1 atom stereocenters. The molecule has 0 unspecified atom stereocenters. The van der Waals surface area contributed by atoms with Gasteiger partial charge in [0.05, 0.1) is 12.0 Å². The van der Waals surface area contributed by atoms with Gasteiger partial charge in [0.25, 0.3) is 0 Å². The monoisotopic (exact) mass is 252 g/mol. The SMILES string of the molecule is C[C@H](NCc1coc2ccccc12)c1ccccn1. The fourth-order valence-corrected chi connectivity index (χ4v) is 2.17. The molecule has 2 heterocycles. The zero-order valence-electron chi connectivity index (χ0n) is 10.8. The Morgan fingerprint density at radius 3 is 2.84 bits per heavy atom. The first-order valence-corrected chi connectivity index (χ1v) is 6.44. The lowest BCUT2D eigenvalue weighted by Crippen LogP contribution is -2.18. The van der Waals surface area contributed by atoms with Gasteiger partial charge in [0.15, 0.2) is 0 Å². The maximum Gasteiger partial charge on any atom is 0.134 e. The molecule has 0 fully saturated rings. The number of benzene rings is 1. The third-order valence-electron chi connectivity index (χ3n) is 3.29. The number of furan rings is 1. The van der Waals surface area contributed by atoms with Crippen LogP contribution in [-0.2, 0) is 6.54 Å². The molecular formula is C16H16N2O. The summed E-state index contributed by atoms with van der Waals surface area (Å²) in [5.74, 6) is 0. The number of para-hydroxylation sites is 1. The van der Waals surface area contributed by atoms with Crippen molar-refractivity contribution in [1.29, 1.82) is 0 Å². The highest BCUT2D eigenvalue weighted by Crippen LogP contribution is 2.21. The van der Waals surface area contributed by atoms with Crippen molar-refractivity contribution in [3.63, 3.8) is 0 Å². The summed E-state index contributed by atoms with van der Waals surface area (Å²) in [4.78, 5) is 4.35. The van der Waals surface area contributed by atoms with Crippen molar-refractivity contribution >= 4 is 11.0 Å². The predicted molar refractivity (Wildman–Crippen MR) is 75.7 cm³/mol. The summed E-state index contributed by atoms with van der Waals surface area (Å²) in [5, 5.41) is 4.64. The third-order valence-corrected chi connectivity index (χ3v) is 3.29. The third kappa shape index (κ3) is 2.51. The molecular weight excluding hydrogens is 236 g/mol. The van der Waals surface area contributed by atoms with Crippen molar-refractivity contribution in [2.24, 2.45) is 0 Å². The lowest BCUT2D eigenvalue weighted by molar-refractivity contribution is 0.552. The molecule has 0 bridgehead atoms. The number of pyridine rings is 1. The Labute approximate surface area is 112 Å². The van der Waals surface area contributed by atoms with Crippen LogP contribution >= 0.6 is 0 Å². The van der Waals surface area contributed by atoms with Crippen molar-refractivity contribution in [3.8, 4) is 0 Å². The van der Waals surface area contributed by atoms with Crippen molar-refractivity contribution in [1.82, 2.24) is 10.3 Å². The largest absolute Gasteiger partial charge is 0.464 e. The smallest absolute Gasteiger partial charge is 0.134 e. The molecule has 0 spiro atoms. The average Bonchev–Trinajstić information content (AvgIpc) is 2.89. The fraction of sp³-hybridized carbons (Fsp3) is 0.188. The predicted octanol–water partition coefficient (Wildman–Crippen LogP) is 3.68. The second-order valence-electron chi connectivity index (χ2n) is 4.61. The van der Waals surface area contributed by atoms with Gasteiger partial charge in [0.2, 0.25) is 0 Å². The molecule has 0 saturated heterocycles. The van der Waals surface area contributed by atoms with E-state index in [2.05, 4.69) is 23.3 Å². The van der Waals surface area contributed by atoms with Gasteiger partial charge in [0, 0.05) is 29.7 Å². The number of fused-ring (bicyclic) bond motifs is 1. The van der Waals surface area contributed by atoms with Gasteiger partial charge >= 0.3 is 0 Å². The first kappa shape index (κ1) is 11.9. The van der Waals surface area contributed by atoms with Crippen LogP contribution in [0.5, 0.6) is 0 Å². The Morgan fingerprint density at radius 1 is 1.16 bits per heavy atom. The Kier molecular flexibility index (Phi) is 3.29. The minimum atomic E-state index is 0.217. The Morgan fingerprint density at radius 2 is 2.00 bits per heavy atom. The van der Waals surface area contributed by atoms with Gasteiger partial charge in [-0.3, -0.25) is 4.98 Å². The Bertz CT molecular complexity index is 661. The average molecular weight is 252 g/mol. The summed E-state index contributed by atoms with van der Waals surface area (Å²) in [7, 11) is 0. The summed E-state index contributed by atoms with van der Waals surface area (Å²) in [5.41, 5.74) is 3.17. The minimum Gasteiger partial charge on any atom is -0.464 e.